The smallest absolute Gasteiger partial charge is 0.0898 e. The van der Waals surface area contributed by atoms with E-state index in [-0.39, 0.29) is 6.04 Å². The minimum atomic E-state index is -0.0613. The molecular formula is C12H17BrIN5S. The molecule has 0 aliphatic carbocycles. The molecule has 8 heteroatoms. The number of nitrogens with two attached hydrogens (primary N) is 1. The van der Waals surface area contributed by atoms with Gasteiger partial charge in [-0.2, -0.15) is 5.10 Å². The molecule has 0 spiro atoms. The molecule has 0 bridgehead atoms. The molecule has 0 saturated carbocycles. The van der Waals surface area contributed by atoms with Crippen molar-refractivity contribution in [2.24, 2.45) is 5.84 Å². The Hall–Kier alpha value is -0.000000000000000111. The second kappa shape index (κ2) is 7.32. The van der Waals surface area contributed by atoms with Crippen LogP contribution in [0.15, 0.2) is 22.1 Å². The third kappa shape index (κ3) is 3.80. The molecule has 0 saturated heterocycles. The summed E-state index contributed by atoms with van der Waals surface area (Å²) in [5.41, 5.74) is 5.12. The van der Waals surface area contributed by atoms with Gasteiger partial charge in [-0.1, -0.05) is 0 Å². The number of nitrogens with zero attached hydrogens (tertiary/aromatic N) is 3. The van der Waals surface area contributed by atoms with E-state index in [0.717, 1.165) is 28.8 Å². The minimum absolute atomic E-state index is 0.0613. The molecule has 2 heterocycles. The van der Waals surface area contributed by atoms with Crippen molar-refractivity contribution in [3.05, 3.63) is 36.3 Å². The van der Waals surface area contributed by atoms with Gasteiger partial charge >= 0.3 is 0 Å². The number of hydrazine groups is 1. The lowest BCUT2D eigenvalue weighted by atomic mass is 10.1. The Morgan fingerprint density at radius 1 is 1.60 bits per heavy atom. The van der Waals surface area contributed by atoms with E-state index in [2.05, 4.69) is 79.5 Å². The zero-order chi connectivity index (χ0) is 14.7. The van der Waals surface area contributed by atoms with E-state index < -0.39 is 0 Å². The zero-order valence-corrected chi connectivity index (χ0v) is 15.9. The first kappa shape index (κ1) is 16.4. The molecule has 20 heavy (non-hydrogen) atoms. The van der Waals surface area contributed by atoms with Gasteiger partial charge in [0.05, 0.1) is 31.8 Å². The third-order valence-corrected chi connectivity index (χ3v) is 5.37. The van der Waals surface area contributed by atoms with Gasteiger partial charge in [-0.15, -0.1) is 11.3 Å². The largest absolute Gasteiger partial charge is 0.308 e. The van der Waals surface area contributed by atoms with E-state index in [4.69, 9.17) is 5.84 Å². The Balaban J connectivity index is 2.31. The first-order chi connectivity index (χ1) is 9.52. The Bertz CT molecular complexity index is 568. The van der Waals surface area contributed by atoms with E-state index in [1.54, 1.807) is 11.3 Å². The van der Waals surface area contributed by atoms with Crippen molar-refractivity contribution in [1.82, 2.24) is 20.1 Å². The van der Waals surface area contributed by atoms with Crippen LogP contribution in [-0.4, -0.2) is 35.3 Å². The third-order valence-electron chi connectivity index (χ3n) is 2.95. The minimum Gasteiger partial charge on any atom is -0.308 e. The molecule has 0 fully saturated rings. The topological polar surface area (TPSA) is 59.1 Å². The van der Waals surface area contributed by atoms with Crippen molar-refractivity contribution < 1.29 is 0 Å². The first-order valence-electron chi connectivity index (χ1n) is 6.09. The second-order valence-corrected chi connectivity index (χ2v) is 8.35. The molecule has 2 aromatic rings. The summed E-state index contributed by atoms with van der Waals surface area (Å²) in [5.74, 6) is 5.78. The Kier molecular flexibility index (Phi) is 5.99. The fourth-order valence-corrected chi connectivity index (χ4v) is 3.86. The lowest BCUT2D eigenvalue weighted by Crippen LogP contribution is -2.31. The highest BCUT2D eigenvalue weighted by atomic mass is 127. The van der Waals surface area contributed by atoms with Gasteiger partial charge in [0.15, 0.2) is 0 Å². The fourth-order valence-electron chi connectivity index (χ4n) is 1.94. The van der Waals surface area contributed by atoms with Gasteiger partial charge in [-0.05, 0) is 69.6 Å². The summed E-state index contributed by atoms with van der Waals surface area (Å²) >= 11 is 7.61. The van der Waals surface area contributed by atoms with Gasteiger partial charge in [-0.25, -0.2) is 5.43 Å². The van der Waals surface area contributed by atoms with E-state index in [1.807, 2.05) is 10.9 Å². The van der Waals surface area contributed by atoms with E-state index in [9.17, 15) is 0 Å². The zero-order valence-electron chi connectivity index (χ0n) is 11.3. The van der Waals surface area contributed by atoms with Crippen molar-refractivity contribution in [2.45, 2.75) is 12.6 Å². The van der Waals surface area contributed by atoms with Crippen molar-refractivity contribution >= 4 is 49.9 Å². The number of nitrogens with one attached hydrogen (secondary N) is 1. The van der Waals surface area contributed by atoms with Gasteiger partial charge in [-0.3, -0.25) is 10.5 Å². The van der Waals surface area contributed by atoms with Crippen LogP contribution >= 0.6 is 49.9 Å². The summed E-state index contributed by atoms with van der Waals surface area (Å²) in [7, 11) is 4.11. The number of aromatic nitrogens is 2. The fraction of sp³-hybridized carbons (Fsp3) is 0.417. The van der Waals surface area contributed by atoms with Crippen molar-refractivity contribution in [3.8, 4) is 0 Å². The summed E-state index contributed by atoms with van der Waals surface area (Å²) in [6.45, 7) is 1.76. The molecule has 0 aliphatic rings. The lowest BCUT2D eigenvalue weighted by Gasteiger charge is -2.19. The molecule has 0 amide bonds. The maximum atomic E-state index is 5.78. The van der Waals surface area contributed by atoms with Crippen molar-refractivity contribution in [2.75, 3.05) is 20.6 Å². The molecule has 1 unspecified atom stereocenters. The number of hydrogen-bond acceptors (Lipinski definition) is 5. The normalized spacial score (nSPS) is 13.1. The quantitative estimate of drug-likeness (QED) is 0.387. The van der Waals surface area contributed by atoms with Crippen LogP contribution < -0.4 is 11.3 Å². The van der Waals surface area contributed by atoms with Crippen LogP contribution in [0.5, 0.6) is 0 Å². The molecule has 2 aromatic heterocycles. The maximum Gasteiger partial charge on any atom is 0.0898 e. The van der Waals surface area contributed by atoms with Crippen LogP contribution in [0, 0.1) is 2.88 Å². The molecule has 110 valence electrons. The number of hydrogen-bond donors (Lipinski definition) is 2. The van der Waals surface area contributed by atoms with Gasteiger partial charge in [0.2, 0.25) is 0 Å². The molecule has 0 aromatic carbocycles. The van der Waals surface area contributed by atoms with Crippen LogP contribution in [0.3, 0.4) is 0 Å². The maximum absolute atomic E-state index is 5.78. The average Bonchev–Trinajstić information content (AvgIpc) is 2.97. The summed E-state index contributed by atoms with van der Waals surface area (Å²) in [6, 6.07) is 2.08. The molecule has 5 nitrogen and oxygen atoms in total. The number of rotatable bonds is 6. The van der Waals surface area contributed by atoms with Gasteiger partial charge in [0, 0.05) is 6.54 Å². The monoisotopic (exact) mass is 469 g/mol. The predicted octanol–water partition coefficient (Wildman–Crippen LogP) is 2.43. The van der Waals surface area contributed by atoms with Crippen molar-refractivity contribution in [1.29, 1.82) is 0 Å². The summed E-state index contributed by atoms with van der Waals surface area (Å²) in [6.07, 6.45) is 1.83. The van der Waals surface area contributed by atoms with Gasteiger partial charge < -0.3 is 4.90 Å². The molecule has 1 atom stereocenters. The Morgan fingerprint density at radius 3 is 2.90 bits per heavy atom. The molecule has 0 aliphatic heterocycles. The van der Waals surface area contributed by atoms with E-state index in [1.165, 1.54) is 2.88 Å². The SMILES string of the molecule is CN(C)CCn1ncc(Br)c1C(NN)c1csc(I)c1. The average molecular weight is 470 g/mol. The summed E-state index contributed by atoms with van der Waals surface area (Å²) in [4.78, 5) is 2.14. The molecule has 3 N–H and O–H groups in total. The molecule has 0 radical (unpaired) electrons. The number of halogens is 2. The van der Waals surface area contributed by atoms with Crippen LogP contribution in [-0.2, 0) is 6.54 Å². The molecular weight excluding hydrogens is 453 g/mol. The van der Waals surface area contributed by atoms with E-state index in [0.29, 0.717) is 0 Å². The van der Waals surface area contributed by atoms with Crippen molar-refractivity contribution in [3.63, 3.8) is 0 Å². The lowest BCUT2D eigenvalue weighted by molar-refractivity contribution is 0.365. The van der Waals surface area contributed by atoms with E-state index >= 15 is 0 Å². The highest BCUT2D eigenvalue weighted by Crippen LogP contribution is 2.31. The number of thiophene rings is 1. The second-order valence-electron chi connectivity index (χ2n) is 4.69. The van der Waals surface area contributed by atoms with Crippen LogP contribution in [0.25, 0.3) is 0 Å². The van der Waals surface area contributed by atoms with Crippen LogP contribution in [0.4, 0.5) is 0 Å². The van der Waals surface area contributed by atoms with Gasteiger partial charge in [0.25, 0.3) is 0 Å². The number of likely N-dealkylation sites (N-methyl/N-ethyl adjacent to an activating group) is 1. The predicted molar refractivity (Wildman–Crippen MR) is 94.7 cm³/mol. The Labute approximate surface area is 144 Å². The molecule has 2 rings (SSSR count). The standard InChI is InChI=1S/C12H17BrIN5S/c1-18(2)3-4-19-12(9(13)6-16-19)11(17-15)8-5-10(14)20-7-8/h5-7,11,17H,3-4,15H2,1-2H3. The summed E-state index contributed by atoms with van der Waals surface area (Å²) < 4.78 is 4.22. The summed E-state index contributed by atoms with van der Waals surface area (Å²) in [5, 5.41) is 6.56. The highest BCUT2D eigenvalue weighted by molar-refractivity contribution is 14.1. The van der Waals surface area contributed by atoms with Gasteiger partial charge in [0.1, 0.15) is 0 Å². The van der Waals surface area contributed by atoms with Crippen LogP contribution in [0.1, 0.15) is 17.3 Å². The first-order valence-corrected chi connectivity index (χ1v) is 8.84. The van der Waals surface area contributed by atoms with Crippen LogP contribution in [0.2, 0.25) is 0 Å². The Morgan fingerprint density at radius 2 is 2.35 bits per heavy atom. The highest BCUT2D eigenvalue weighted by Gasteiger charge is 2.21.